The molecule has 26 heavy (non-hydrogen) atoms. The first-order valence-corrected chi connectivity index (χ1v) is 8.79. The van der Waals surface area contributed by atoms with Gasteiger partial charge >= 0.3 is 0 Å². The van der Waals surface area contributed by atoms with Gasteiger partial charge in [0.25, 0.3) is 5.91 Å². The van der Waals surface area contributed by atoms with Crippen LogP contribution >= 0.6 is 0 Å². The predicted molar refractivity (Wildman–Crippen MR) is 104 cm³/mol. The van der Waals surface area contributed by atoms with E-state index in [0.717, 1.165) is 16.7 Å². The number of aliphatic hydroxyl groups excluding tert-OH is 1. The van der Waals surface area contributed by atoms with Crippen LogP contribution in [-0.4, -0.2) is 11.0 Å². The summed E-state index contributed by atoms with van der Waals surface area (Å²) in [6, 6.07) is 26.5. The normalized spacial score (nSPS) is 13.0. The maximum absolute atomic E-state index is 12.7. The lowest BCUT2D eigenvalue weighted by atomic mass is 9.96. The minimum absolute atomic E-state index is 0.140. The van der Waals surface area contributed by atoms with Crippen LogP contribution < -0.4 is 5.32 Å². The van der Waals surface area contributed by atoms with Crippen molar-refractivity contribution in [2.75, 3.05) is 0 Å². The summed E-state index contributed by atoms with van der Waals surface area (Å²) >= 11 is 0. The van der Waals surface area contributed by atoms with Crippen molar-refractivity contribution in [3.05, 3.63) is 107 Å². The molecule has 0 fully saturated rings. The van der Waals surface area contributed by atoms with Crippen LogP contribution in [0.3, 0.4) is 0 Å². The third kappa shape index (κ3) is 4.58. The molecule has 3 aromatic rings. The van der Waals surface area contributed by atoms with Crippen LogP contribution in [0.2, 0.25) is 0 Å². The van der Waals surface area contributed by atoms with Gasteiger partial charge < -0.3 is 10.4 Å². The van der Waals surface area contributed by atoms with E-state index in [-0.39, 0.29) is 11.9 Å². The summed E-state index contributed by atoms with van der Waals surface area (Å²) in [4.78, 5) is 12.7. The molecule has 0 heterocycles. The Morgan fingerprint density at radius 1 is 0.846 bits per heavy atom. The predicted octanol–water partition coefficient (Wildman–Crippen LogP) is 4.59. The van der Waals surface area contributed by atoms with Crippen molar-refractivity contribution in [3.63, 3.8) is 0 Å². The highest BCUT2D eigenvalue weighted by atomic mass is 16.3. The van der Waals surface area contributed by atoms with Gasteiger partial charge in [-0.15, -0.1) is 0 Å². The zero-order chi connectivity index (χ0) is 18.4. The SMILES string of the molecule is Cc1ccc(C(=O)N[C@@H](C[C@H](O)c2ccccc2)c2ccccc2)cc1. The first-order valence-electron chi connectivity index (χ1n) is 8.79. The van der Waals surface area contributed by atoms with E-state index in [2.05, 4.69) is 5.32 Å². The van der Waals surface area contributed by atoms with E-state index < -0.39 is 6.10 Å². The van der Waals surface area contributed by atoms with Crippen LogP contribution in [0.5, 0.6) is 0 Å². The highest BCUT2D eigenvalue weighted by Gasteiger charge is 2.20. The topological polar surface area (TPSA) is 49.3 Å². The van der Waals surface area contributed by atoms with Gasteiger partial charge in [-0.1, -0.05) is 78.4 Å². The lowest BCUT2D eigenvalue weighted by molar-refractivity contribution is 0.0909. The third-order valence-electron chi connectivity index (χ3n) is 4.46. The van der Waals surface area contributed by atoms with Crippen LogP contribution in [0.25, 0.3) is 0 Å². The van der Waals surface area contributed by atoms with Crippen molar-refractivity contribution in [1.82, 2.24) is 5.32 Å². The van der Waals surface area contributed by atoms with Gasteiger partial charge in [-0.3, -0.25) is 4.79 Å². The van der Waals surface area contributed by atoms with Crippen LogP contribution in [0.15, 0.2) is 84.9 Å². The van der Waals surface area contributed by atoms with E-state index in [1.807, 2.05) is 91.9 Å². The Labute approximate surface area is 154 Å². The van der Waals surface area contributed by atoms with E-state index in [4.69, 9.17) is 0 Å². The Kier molecular flexibility index (Phi) is 5.82. The van der Waals surface area contributed by atoms with Crippen LogP contribution in [0, 0.1) is 6.92 Å². The fourth-order valence-corrected chi connectivity index (χ4v) is 2.94. The summed E-state index contributed by atoms with van der Waals surface area (Å²) in [7, 11) is 0. The van der Waals surface area contributed by atoms with Crippen molar-refractivity contribution in [2.45, 2.75) is 25.5 Å². The fourth-order valence-electron chi connectivity index (χ4n) is 2.94. The number of aliphatic hydroxyl groups is 1. The molecule has 0 spiro atoms. The molecule has 0 aliphatic rings. The molecule has 2 atom stereocenters. The maximum Gasteiger partial charge on any atom is 0.251 e. The minimum Gasteiger partial charge on any atom is -0.388 e. The summed E-state index contributed by atoms with van der Waals surface area (Å²) in [6.45, 7) is 1.99. The summed E-state index contributed by atoms with van der Waals surface area (Å²) in [5, 5.41) is 13.7. The number of aryl methyl sites for hydroxylation is 1. The van der Waals surface area contributed by atoms with E-state index in [1.54, 1.807) is 0 Å². The van der Waals surface area contributed by atoms with Crippen LogP contribution in [0.4, 0.5) is 0 Å². The Morgan fingerprint density at radius 3 is 1.96 bits per heavy atom. The summed E-state index contributed by atoms with van der Waals surface area (Å²) < 4.78 is 0. The molecule has 3 nitrogen and oxygen atoms in total. The second-order valence-electron chi connectivity index (χ2n) is 6.46. The Bertz CT molecular complexity index is 829. The molecule has 3 rings (SSSR count). The van der Waals surface area contributed by atoms with Crippen molar-refractivity contribution in [1.29, 1.82) is 0 Å². The average Bonchev–Trinajstić information content (AvgIpc) is 2.69. The molecular formula is C23H23NO2. The monoisotopic (exact) mass is 345 g/mol. The molecule has 1 amide bonds. The third-order valence-corrected chi connectivity index (χ3v) is 4.46. The first kappa shape index (κ1) is 17.9. The number of carbonyl (C=O) groups is 1. The highest BCUT2D eigenvalue weighted by Crippen LogP contribution is 2.26. The minimum atomic E-state index is -0.653. The molecule has 0 radical (unpaired) electrons. The first-order chi connectivity index (χ1) is 12.6. The quantitative estimate of drug-likeness (QED) is 0.686. The smallest absolute Gasteiger partial charge is 0.251 e. The second kappa shape index (κ2) is 8.45. The Hall–Kier alpha value is -2.91. The molecule has 0 aliphatic carbocycles. The maximum atomic E-state index is 12.7. The molecule has 0 bridgehead atoms. The molecule has 0 aromatic heterocycles. The summed E-state index contributed by atoms with van der Waals surface area (Å²) in [6.07, 6.45) is -0.245. The van der Waals surface area contributed by atoms with Gasteiger partial charge in [0, 0.05) is 12.0 Å². The molecule has 0 saturated carbocycles. The standard InChI is InChI=1S/C23H23NO2/c1-17-12-14-20(15-13-17)23(26)24-21(18-8-4-2-5-9-18)16-22(25)19-10-6-3-7-11-19/h2-15,21-22,25H,16H2,1H3,(H,24,26)/t21-,22-/m0/s1. The number of amides is 1. The average molecular weight is 345 g/mol. The lowest BCUT2D eigenvalue weighted by Gasteiger charge is -2.22. The molecular weight excluding hydrogens is 322 g/mol. The zero-order valence-electron chi connectivity index (χ0n) is 14.8. The molecule has 0 saturated heterocycles. The van der Waals surface area contributed by atoms with Crippen LogP contribution in [0.1, 0.15) is 45.6 Å². The number of hydrogen-bond donors (Lipinski definition) is 2. The summed E-state index contributed by atoms with van der Waals surface area (Å²) in [5.74, 6) is -0.140. The Balaban J connectivity index is 1.79. The number of carbonyl (C=O) groups excluding carboxylic acids is 1. The molecule has 3 aromatic carbocycles. The van der Waals surface area contributed by atoms with Crippen molar-refractivity contribution in [3.8, 4) is 0 Å². The van der Waals surface area contributed by atoms with Crippen molar-refractivity contribution >= 4 is 5.91 Å². The van der Waals surface area contributed by atoms with Gasteiger partial charge in [-0.05, 0) is 30.2 Å². The van der Waals surface area contributed by atoms with Gasteiger partial charge in [-0.2, -0.15) is 0 Å². The zero-order valence-corrected chi connectivity index (χ0v) is 14.8. The Morgan fingerprint density at radius 2 is 1.38 bits per heavy atom. The van der Waals surface area contributed by atoms with Crippen LogP contribution in [-0.2, 0) is 0 Å². The lowest BCUT2D eigenvalue weighted by Crippen LogP contribution is -2.29. The summed E-state index contributed by atoms with van der Waals surface area (Å²) in [5.41, 5.74) is 3.55. The van der Waals surface area contributed by atoms with Gasteiger partial charge in [0.05, 0.1) is 12.1 Å². The number of hydrogen-bond acceptors (Lipinski definition) is 2. The molecule has 132 valence electrons. The number of benzene rings is 3. The number of rotatable bonds is 6. The van der Waals surface area contributed by atoms with Crippen molar-refractivity contribution < 1.29 is 9.90 Å². The van der Waals surface area contributed by atoms with Gasteiger partial charge in [0.1, 0.15) is 0 Å². The second-order valence-corrected chi connectivity index (χ2v) is 6.46. The van der Waals surface area contributed by atoms with E-state index >= 15 is 0 Å². The van der Waals surface area contributed by atoms with Crippen molar-refractivity contribution in [2.24, 2.45) is 0 Å². The number of nitrogens with one attached hydrogen (secondary N) is 1. The highest BCUT2D eigenvalue weighted by molar-refractivity contribution is 5.94. The molecule has 0 unspecified atom stereocenters. The van der Waals surface area contributed by atoms with Gasteiger partial charge in [-0.25, -0.2) is 0 Å². The van der Waals surface area contributed by atoms with Gasteiger partial charge in [0.15, 0.2) is 0 Å². The fraction of sp³-hybridized carbons (Fsp3) is 0.174. The van der Waals surface area contributed by atoms with E-state index in [9.17, 15) is 9.90 Å². The van der Waals surface area contributed by atoms with E-state index in [1.165, 1.54) is 0 Å². The molecule has 3 heteroatoms. The largest absolute Gasteiger partial charge is 0.388 e. The van der Waals surface area contributed by atoms with E-state index in [0.29, 0.717) is 12.0 Å². The molecule has 2 N–H and O–H groups in total. The van der Waals surface area contributed by atoms with Gasteiger partial charge in [0.2, 0.25) is 0 Å². The molecule has 0 aliphatic heterocycles.